The number of aliphatic hydroxyl groups excluding tert-OH is 2. The number of allylic oxidation sites excluding steroid dienone is 2. The summed E-state index contributed by atoms with van der Waals surface area (Å²) in [5, 5.41) is 23.0. The Morgan fingerprint density at radius 3 is 1.00 bits per heavy atom. The number of carbonyl (C=O) groups excluding carboxylic acids is 2. The third-order valence-corrected chi connectivity index (χ3v) is 9.45. The van der Waals surface area contributed by atoms with E-state index in [2.05, 4.69) is 10.6 Å². The highest BCUT2D eigenvalue weighted by atomic mass is 19.1. The van der Waals surface area contributed by atoms with Crippen LogP contribution in [0.4, 0.5) is 8.78 Å². The number of hydrogen-bond donors (Lipinski definition) is 4. The lowest BCUT2D eigenvalue weighted by Gasteiger charge is -2.21. The van der Waals surface area contributed by atoms with Crippen molar-refractivity contribution in [3.8, 4) is 0 Å². The summed E-state index contributed by atoms with van der Waals surface area (Å²) in [5.74, 6) is -3.06. The van der Waals surface area contributed by atoms with Crippen LogP contribution in [-0.2, 0) is 9.59 Å². The van der Waals surface area contributed by atoms with Gasteiger partial charge in [0.2, 0.25) is 0 Å². The van der Waals surface area contributed by atoms with Gasteiger partial charge in [-0.2, -0.15) is 0 Å². The fourth-order valence-electron chi connectivity index (χ4n) is 6.47. The minimum Gasteiger partial charge on any atom is -0.396 e. The number of hydrogen-bond acceptors (Lipinski definition) is 4. The van der Waals surface area contributed by atoms with Gasteiger partial charge in [-0.05, 0) is 69.9 Å². The number of rotatable bonds is 32. The summed E-state index contributed by atoms with van der Waals surface area (Å²) in [6, 6.07) is -0.796. The lowest BCUT2D eigenvalue weighted by Crippen LogP contribution is -2.48. The molecule has 8 heteroatoms. The molecule has 0 unspecified atom stereocenters. The summed E-state index contributed by atoms with van der Waals surface area (Å²) < 4.78 is 28.9. The highest BCUT2D eigenvalue weighted by Gasteiger charge is 2.31. The van der Waals surface area contributed by atoms with Gasteiger partial charge >= 0.3 is 0 Å². The van der Waals surface area contributed by atoms with Crippen molar-refractivity contribution in [2.75, 3.05) is 13.2 Å². The van der Waals surface area contributed by atoms with Crippen LogP contribution in [0.5, 0.6) is 0 Å². The van der Waals surface area contributed by atoms with Crippen LogP contribution in [0.3, 0.4) is 0 Å². The molecule has 47 heavy (non-hydrogen) atoms. The molecule has 1 saturated carbocycles. The van der Waals surface area contributed by atoms with Crippen LogP contribution >= 0.6 is 0 Å². The molecule has 0 spiro atoms. The van der Waals surface area contributed by atoms with Gasteiger partial charge in [0, 0.05) is 25.3 Å². The standard InChI is InChI=1S/C39H70F2N2O4/c40-34(28-23-19-15-11-7-3-1-5-9-13-17-21-25-32-44)38(46)42-36-30-27-31-37(36)43-39(47)35(41)29-24-20-16-12-8-4-2-6-10-14-18-22-26-33-45/h28-29,36-37,44-45H,1-27,30-33H2,(H,42,46)(H,43,47)/t36-,37+. The first-order chi connectivity index (χ1) is 23.0. The van der Waals surface area contributed by atoms with E-state index < -0.39 is 35.6 Å². The van der Waals surface area contributed by atoms with E-state index in [1.807, 2.05) is 0 Å². The second-order valence-electron chi connectivity index (χ2n) is 13.7. The molecule has 2 amide bonds. The van der Waals surface area contributed by atoms with E-state index in [0.717, 1.165) is 70.6 Å². The first-order valence-electron chi connectivity index (χ1n) is 19.5. The van der Waals surface area contributed by atoms with Crippen molar-refractivity contribution in [3.05, 3.63) is 23.8 Å². The van der Waals surface area contributed by atoms with Gasteiger partial charge in [-0.1, -0.05) is 128 Å². The number of aliphatic hydroxyl groups is 2. The summed E-state index contributed by atoms with van der Waals surface area (Å²) in [5.41, 5.74) is 0. The number of unbranched alkanes of at least 4 members (excludes halogenated alkanes) is 24. The van der Waals surface area contributed by atoms with Crippen LogP contribution < -0.4 is 10.6 Å². The minimum atomic E-state index is -0.780. The maximum Gasteiger partial charge on any atom is 0.279 e. The lowest BCUT2D eigenvalue weighted by atomic mass is 10.0. The Kier molecular flexibility index (Phi) is 28.9. The maximum absolute atomic E-state index is 14.5. The Morgan fingerprint density at radius 1 is 0.468 bits per heavy atom. The molecule has 0 aromatic heterocycles. The normalized spacial score (nSPS) is 16.9. The molecule has 0 saturated heterocycles. The van der Waals surface area contributed by atoms with Gasteiger partial charge < -0.3 is 20.8 Å². The van der Waals surface area contributed by atoms with Gasteiger partial charge in [0.1, 0.15) is 0 Å². The Balaban J connectivity index is 2.11. The Labute approximate surface area is 286 Å². The average Bonchev–Trinajstić information content (AvgIpc) is 3.50. The molecule has 1 fully saturated rings. The van der Waals surface area contributed by atoms with Crippen LogP contribution in [0.25, 0.3) is 0 Å². The van der Waals surface area contributed by atoms with Crippen LogP contribution in [0.1, 0.15) is 186 Å². The number of amides is 2. The van der Waals surface area contributed by atoms with Gasteiger partial charge in [0.25, 0.3) is 11.8 Å². The molecule has 1 aliphatic rings. The molecule has 0 aromatic rings. The van der Waals surface area contributed by atoms with Gasteiger partial charge in [-0.25, -0.2) is 8.78 Å². The number of halogens is 2. The van der Waals surface area contributed by atoms with Crippen LogP contribution in [0.2, 0.25) is 0 Å². The van der Waals surface area contributed by atoms with Crippen molar-refractivity contribution in [1.29, 1.82) is 0 Å². The monoisotopic (exact) mass is 669 g/mol. The Hall–Kier alpha value is -1.80. The van der Waals surface area contributed by atoms with Crippen molar-refractivity contribution in [2.45, 2.75) is 198 Å². The predicted octanol–water partition coefficient (Wildman–Crippen LogP) is 9.97. The topological polar surface area (TPSA) is 98.7 Å². The summed E-state index contributed by atoms with van der Waals surface area (Å²) in [6.45, 7) is 0.603. The highest BCUT2D eigenvalue weighted by Crippen LogP contribution is 2.21. The molecule has 0 aromatic carbocycles. The molecule has 0 bridgehead atoms. The molecular weight excluding hydrogens is 598 g/mol. The molecule has 0 radical (unpaired) electrons. The smallest absolute Gasteiger partial charge is 0.279 e. The van der Waals surface area contributed by atoms with Gasteiger partial charge in [-0.3, -0.25) is 9.59 Å². The Bertz CT molecular complexity index is 770. The van der Waals surface area contributed by atoms with Crippen LogP contribution in [0, 0.1) is 0 Å². The van der Waals surface area contributed by atoms with E-state index in [-0.39, 0.29) is 0 Å². The fourth-order valence-corrected chi connectivity index (χ4v) is 6.47. The van der Waals surface area contributed by atoms with E-state index >= 15 is 0 Å². The van der Waals surface area contributed by atoms with Crippen molar-refractivity contribution in [3.63, 3.8) is 0 Å². The van der Waals surface area contributed by atoms with E-state index in [9.17, 15) is 18.4 Å². The van der Waals surface area contributed by atoms with Crippen molar-refractivity contribution in [2.24, 2.45) is 0 Å². The summed E-state index contributed by atoms with van der Waals surface area (Å²) in [6.07, 6.45) is 33.3. The second kappa shape index (κ2) is 31.5. The summed E-state index contributed by atoms with van der Waals surface area (Å²) >= 11 is 0. The van der Waals surface area contributed by atoms with E-state index in [4.69, 9.17) is 10.2 Å². The first kappa shape index (κ1) is 43.2. The molecule has 0 aliphatic heterocycles. The molecule has 1 rings (SSSR count). The zero-order chi connectivity index (χ0) is 34.2. The number of carbonyl (C=O) groups is 2. The second-order valence-corrected chi connectivity index (χ2v) is 13.7. The highest BCUT2D eigenvalue weighted by molar-refractivity contribution is 5.92. The predicted molar refractivity (Wildman–Crippen MR) is 190 cm³/mol. The lowest BCUT2D eigenvalue weighted by molar-refractivity contribution is -0.122. The SMILES string of the molecule is O=C(N[C@H]1CCC[C@H]1NC(=O)C(F)=CCCCCCCCCCCCCCCO)C(F)=CCCCCCCCCCCCCCCO. The van der Waals surface area contributed by atoms with Crippen molar-refractivity contribution in [1.82, 2.24) is 10.6 Å². The molecule has 4 N–H and O–H groups in total. The molecular formula is C39H70F2N2O4. The van der Waals surface area contributed by atoms with E-state index in [1.54, 1.807) is 0 Å². The quantitative estimate of drug-likeness (QED) is 0.0424. The third-order valence-electron chi connectivity index (χ3n) is 9.45. The third kappa shape index (κ3) is 24.9. The van der Waals surface area contributed by atoms with Crippen molar-refractivity contribution < 1.29 is 28.6 Å². The zero-order valence-electron chi connectivity index (χ0n) is 29.7. The maximum atomic E-state index is 14.5. The van der Waals surface area contributed by atoms with Crippen molar-refractivity contribution >= 4 is 11.8 Å². The van der Waals surface area contributed by atoms with Crippen LogP contribution in [-0.4, -0.2) is 47.3 Å². The largest absolute Gasteiger partial charge is 0.396 e. The average molecular weight is 669 g/mol. The van der Waals surface area contributed by atoms with E-state index in [0.29, 0.717) is 38.9 Å². The zero-order valence-corrected chi connectivity index (χ0v) is 29.7. The van der Waals surface area contributed by atoms with Crippen LogP contribution in [0.15, 0.2) is 23.8 Å². The number of nitrogens with one attached hydrogen (secondary N) is 2. The van der Waals surface area contributed by atoms with Gasteiger partial charge in [0.15, 0.2) is 11.7 Å². The van der Waals surface area contributed by atoms with Gasteiger partial charge in [-0.15, -0.1) is 0 Å². The molecule has 274 valence electrons. The molecule has 2 atom stereocenters. The van der Waals surface area contributed by atoms with E-state index in [1.165, 1.54) is 102 Å². The molecule has 6 nitrogen and oxygen atoms in total. The molecule has 1 aliphatic carbocycles. The first-order valence-corrected chi connectivity index (χ1v) is 19.5. The summed E-state index contributed by atoms with van der Waals surface area (Å²) in [7, 11) is 0. The Morgan fingerprint density at radius 2 is 0.723 bits per heavy atom. The van der Waals surface area contributed by atoms with Gasteiger partial charge in [0.05, 0.1) is 0 Å². The fraction of sp³-hybridized carbons (Fsp3) is 0.846. The molecule has 0 heterocycles. The summed E-state index contributed by atoms with van der Waals surface area (Å²) in [4.78, 5) is 24.8. The minimum absolute atomic E-state index is 0.301.